The highest BCUT2D eigenvalue weighted by molar-refractivity contribution is 9.10. The highest BCUT2D eigenvalue weighted by atomic mass is 79.9. The number of ether oxygens (including phenoxy) is 2. The van der Waals surface area contributed by atoms with E-state index >= 15 is 0 Å². The predicted octanol–water partition coefficient (Wildman–Crippen LogP) is 8.59. The molecular weight excluding hydrogens is 845 g/mol. The van der Waals surface area contributed by atoms with Crippen molar-refractivity contribution in [1.82, 2.24) is 49.5 Å². The van der Waals surface area contributed by atoms with E-state index in [1.165, 1.54) is 17.7 Å². The number of halogens is 1. The SMILES string of the molecule is CC(C)(C)NC(=O)c1cn(COCC[Si](C)(C)C)c2ncc(Br)nc12.Cn1nc(-c2cnc3c(n2)c(C(=O)NC(C)(C)C)cn3COCC[Si](C)(C)C)c2c1CCCC2. The Bertz CT molecular complexity index is 2270. The molecule has 0 aliphatic heterocycles. The summed E-state index contributed by atoms with van der Waals surface area (Å²) in [7, 11) is -0.311. The van der Waals surface area contributed by atoms with Crippen LogP contribution in [0.4, 0.5) is 0 Å². The molecule has 0 aromatic carbocycles. The Morgan fingerprint density at radius 2 is 1.22 bits per heavy atom. The fourth-order valence-corrected chi connectivity index (χ4v) is 8.39. The van der Waals surface area contributed by atoms with Gasteiger partial charge in [-0.3, -0.25) is 14.3 Å². The van der Waals surface area contributed by atoms with Crippen molar-refractivity contribution in [2.75, 3.05) is 13.2 Å². The summed E-state index contributed by atoms with van der Waals surface area (Å²) in [5.41, 5.74) is 6.94. The topological polar surface area (TPSA) is 156 Å². The van der Waals surface area contributed by atoms with Gasteiger partial charge in [-0.15, -0.1) is 0 Å². The van der Waals surface area contributed by atoms with Crippen LogP contribution in [0.15, 0.2) is 29.4 Å². The van der Waals surface area contributed by atoms with Gasteiger partial charge in [0.1, 0.15) is 40.5 Å². The summed E-state index contributed by atoms with van der Waals surface area (Å²) in [5.74, 6) is -0.321. The third kappa shape index (κ3) is 12.9. The molecule has 0 radical (unpaired) electrons. The third-order valence-corrected chi connectivity index (χ3v) is 13.4. The molecule has 0 spiro atoms. The van der Waals surface area contributed by atoms with Crippen molar-refractivity contribution in [3.8, 4) is 11.4 Å². The van der Waals surface area contributed by atoms with Crippen molar-refractivity contribution in [3.05, 3.63) is 51.8 Å². The second kappa shape index (κ2) is 18.5. The van der Waals surface area contributed by atoms with E-state index in [9.17, 15) is 9.59 Å². The summed E-state index contributed by atoms with van der Waals surface area (Å²) in [6.45, 7) is 27.8. The van der Waals surface area contributed by atoms with Gasteiger partial charge in [-0.05, 0) is 95.2 Å². The van der Waals surface area contributed by atoms with Crippen molar-refractivity contribution in [1.29, 1.82) is 0 Å². The zero-order valence-corrected chi connectivity index (χ0v) is 41.1. The number of nitrogens with one attached hydrogen (secondary N) is 2. The molecule has 5 heterocycles. The van der Waals surface area contributed by atoms with Crippen LogP contribution < -0.4 is 10.6 Å². The molecule has 5 aromatic rings. The Balaban J connectivity index is 0.000000236. The molecule has 1 aliphatic carbocycles. The summed E-state index contributed by atoms with van der Waals surface area (Å²) in [5, 5.41) is 10.8. The minimum atomic E-state index is -1.18. The number of hydrogen-bond acceptors (Lipinski definition) is 9. The van der Waals surface area contributed by atoms with E-state index < -0.39 is 16.1 Å². The lowest BCUT2D eigenvalue weighted by Gasteiger charge is -2.20. The van der Waals surface area contributed by atoms with E-state index in [1.807, 2.05) is 68.6 Å². The van der Waals surface area contributed by atoms with Gasteiger partial charge in [0.15, 0.2) is 11.3 Å². The second-order valence-corrected chi connectivity index (χ2v) is 32.1. The molecule has 0 saturated carbocycles. The number of carbonyl (C=O) groups is 2. The summed E-state index contributed by atoms with van der Waals surface area (Å²) >= 11 is 3.33. The number of carbonyl (C=O) groups excluding carboxylic acids is 2. The van der Waals surface area contributed by atoms with Gasteiger partial charge in [0.2, 0.25) is 0 Å². The van der Waals surface area contributed by atoms with Crippen LogP contribution in [-0.2, 0) is 42.8 Å². The van der Waals surface area contributed by atoms with Crippen LogP contribution >= 0.6 is 15.9 Å². The van der Waals surface area contributed by atoms with Gasteiger partial charge in [0, 0.05) is 71.1 Å². The highest BCUT2D eigenvalue weighted by Gasteiger charge is 2.26. The van der Waals surface area contributed by atoms with Gasteiger partial charge in [0.05, 0.1) is 23.5 Å². The minimum Gasteiger partial charge on any atom is -0.361 e. The first kappa shape index (κ1) is 46.3. The van der Waals surface area contributed by atoms with Gasteiger partial charge < -0.3 is 29.2 Å². The van der Waals surface area contributed by atoms with Crippen LogP contribution in [0.3, 0.4) is 0 Å². The quantitative estimate of drug-likeness (QED) is 0.0873. The molecule has 0 unspecified atom stereocenters. The summed E-state index contributed by atoms with van der Waals surface area (Å²) in [4.78, 5) is 44.3. The molecule has 0 bridgehead atoms. The molecule has 322 valence electrons. The first-order valence-corrected chi connectivity index (χ1v) is 28.8. The lowest BCUT2D eigenvalue weighted by Crippen LogP contribution is -2.40. The van der Waals surface area contributed by atoms with Crippen molar-refractivity contribution in [2.45, 2.75) is 143 Å². The van der Waals surface area contributed by atoms with Gasteiger partial charge in [-0.25, -0.2) is 19.9 Å². The van der Waals surface area contributed by atoms with Crippen molar-refractivity contribution in [3.63, 3.8) is 0 Å². The van der Waals surface area contributed by atoms with E-state index in [1.54, 1.807) is 18.6 Å². The summed E-state index contributed by atoms with van der Waals surface area (Å²) in [6.07, 6.45) is 11.4. The van der Waals surface area contributed by atoms with Crippen LogP contribution in [-0.4, -0.2) is 91.1 Å². The Morgan fingerprint density at radius 3 is 1.71 bits per heavy atom. The van der Waals surface area contributed by atoms with Crippen molar-refractivity contribution in [2.24, 2.45) is 7.05 Å². The molecule has 1 aliphatic rings. The molecule has 5 aromatic heterocycles. The first-order chi connectivity index (χ1) is 27.4. The number of rotatable bonds is 13. The normalized spacial score (nSPS) is 13.7. The van der Waals surface area contributed by atoms with E-state index in [4.69, 9.17) is 24.5 Å². The number of aromatic nitrogens is 8. The second-order valence-electron chi connectivity index (χ2n) is 20.0. The molecule has 2 N–H and O–H groups in total. The molecule has 0 atom stereocenters. The number of nitrogens with zero attached hydrogens (tertiary/aromatic N) is 8. The molecular formula is C42H65BrN10O4Si2. The Kier molecular flexibility index (Phi) is 14.5. The molecule has 2 amide bonds. The number of aryl methyl sites for hydroxylation is 1. The Morgan fingerprint density at radius 1 is 0.746 bits per heavy atom. The maximum atomic E-state index is 13.2. The Labute approximate surface area is 359 Å². The van der Waals surface area contributed by atoms with E-state index in [0.717, 1.165) is 37.0 Å². The monoisotopic (exact) mass is 908 g/mol. The van der Waals surface area contributed by atoms with E-state index in [2.05, 4.69) is 75.8 Å². The smallest absolute Gasteiger partial charge is 0.255 e. The van der Waals surface area contributed by atoms with E-state index in [-0.39, 0.29) is 22.9 Å². The minimum absolute atomic E-state index is 0.159. The number of fused-ring (bicyclic) bond motifs is 3. The van der Waals surface area contributed by atoms with Crippen LogP contribution in [0.25, 0.3) is 33.7 Å². The van der Waals surface area contributed by atoms with Gasteiger partial charge >= 0.3 is 0 Å². The Hall–Kier alpha value is -3.78. The molecule has 14 nitrogen and oxygen atoms in total. The van der Waals surface area contributed by atoms with Crippen LogP contribution in [0.5, 0.6) is 0 Å². The summed E-state index contributed by atoms with van der Waals surface area (Å²) in [6, 6.07) is 2.19. The molecule has 0 saturated heterocycles. The zero-order valence-electron chi connectivity index (χ0n) is 37.5. The third-order valence-electron chi connectivity index (χ3n) is 9.63. The lowest BCUT2D eigenvalue weighted by atomic mass is 9.95. The van der Waals surface area contributed by atoms with E-state index in [0.29, 0.717) is 70.4 Å². The molecule has 59 heavy (non-hydrogen) atoms. The van der Waals surface area contributed by atoms with Gasteiger partial charge in [-0.1, -0.05) is 39.3 Å². The number of hydrogen-bond donors (Lipinski definition) is 2. The van der Waals surface area contributed by atoms with Gasteiger partial charge in [0.25, 0.3) is 11.8 Å². The zero-order chi connectivity index (χ0) is 43.5. The van der Waals surface area contributed by atoms with Crippen LogP contribution in [0, 0.1) is 0 Å². The first-order valence-electron chi connectivity index (χ1n) is 20.6. The largest absolute Gasteiger partial charge is 0.361 e. The van der Waals surface area contributed by atoms with Crippen molar-refractivity contribution >= 4 is 66.2 Å². The summed E-state index contributed by atoms with van der Waals surface area (Å²) < 4.78 is 18.1. The molecule has 0 fully saturated rings. The van der Waals surface area contributed by atoms with Crippen LogP contribution in [0.2, 0.25) is 51.4 Å². The highest BCUT2D eigenvalue weighted by Crippen LogP contribution is 2.31. The number of amides is 2. The predicted molar refractivity (Wildman–Crippen MR) is 244 cm³/mol. The lowest BCUT2D eigenvalue weighted by molar-refractivity contribution is 0.0879. The van der Waals surface area contributed by atoms with Crippen LogP contribution in [0.1, 0.15) is 86.4 Å². The fourth-order valence-electron chi connectivity index (χ4n) is 6.60. The van der Waals surface area contributed by atoms with Crippen molar-refractivity contribution < 1.29 is 19.1 Å². The maximum absolute atomic E-state index is 13.2. The maximum Gasteiger partial charge on any atom is 0.255 e. The average Bonchev–Trinajstić information content (AvgIpc) is 3.77. The van der Waals surface area contributed by atoms with Gasteiger partial charge in [-0.2, -0.15) is 5.10 Å². The molecule has 17 heteroatoms. The molecule has 6 rings (SSSR count). The fraction of sp³-hybridized carbons (Fsp3) is 0.595. The standard InChI is InChI=1S/C25H38N6O2Si.C17H27BrN4O2Si/c1-25(2,3)28-24(32)18-15-31(16-33-12-13-34(5,6)7)23-22(18)27-19(14-26-23)21-17-10-8-9-11-20(17)30(4)29-21;1-17(2,3)21-16(23)12-10-22(11-24-7-8-25(4,5)6)15-14(12)20-13(18)9-19-15/h14-15H,8-13,16H2,1-7H3,(H,28,32);9-10H,7-8,11H2,1-6H3,(H,21,23). The average molecular weight is 910 g/mol.